The van der Waals surface area contributed by atoms with Crippen molar-refractivity contribution in [1.29, 1.82) is 0 Å². The maximum Gasteiger partial charge on any atom is 0.266 e. The number of hydrogen-bond donors (Lipinski definition) is 0. The molecule has 4 aromatic rings. The lowest BCUT2D eigenvalue weighted by Crippen LogP contribution is -2.39. The molecule has 0 bridgehead atoms. The zero-order valence-electron chi connectivity index (χ0n) is 19.9. The van der Waals surface area contributed by atoms with Gasteiger partial charge in [0.15, 0.2) is 0 Å². The van der Waals surface area contributed by atoms with Crippen LogP contribution in [0.2, 0.25) is 5.02 Å². The normalized spacial score (nSPS) is 12.3. The lowest BCUT2D eigenvalue weighted by molar-refractivity contribution is 0.0654. The maximum atomic E-state index is 14.0. The van der Waals surface area contributed by atoms with Gasteiger partial charge in [0.05, 0.1) is 32.5 Å². The van der Waals surface area contributed by atoms with Crippen molar-refractivity contribution in [2.24, 2.45) is 5.92 Å². The molecule has 1 atom stereocenters. The van der Waals surface area contributed by atoms with Crippen molar-refractivity contribution in [2.45, 2.75) is 39.7 Å². The molecule has 182 valence electrons. The molecule has 2 aromatic heterocycles. The molecule has 0 aliphatic heterocycles. The SMILES string of the molecule is CCC(c1nc2ccccc2c(=O)n1-c1ccc(F)c(Cl)c1)N(CCC(C)C)C(=O)c1cccs1. The molecule has 4 rings (SSSR count). The average Bonchev–Trinajstić information content (AvgIpc) is 3.38. The molecular weight excluding hydrogens is 485 g/mol. The topological polar surface area (TPSA) is 55.2 Å². The van der Waals surface area contributed by atoms with Gasteiger partial charge < -0.3 is 4.90 Å². The number of halogens is 2. The Bertz CT molecular complexity index is 1400. The lowest BCUT2D eigenvalue weighted by atomic mass is 10.1. The van der Waals surface area contributed by atoms with Crippen molar-refractivity contribution in [3.05, 3.63) is 91.9 Å². The van der Waals surface area contributed by atoms with Crippen LogP contribution in [0.3, 0.4) is 0 Å². The van der Waals surface area contributed by atoms with E-state index >= 15 is 0 Å². The number of thiophene rings is 1. The number of carbonyl (C=O) groups is 1. The van der Waals surface area contributed by atoms with E-state index in [4.69, 9.17) is 16.6 Å². The third-order valence-electron chi connectivity index (χ3n) is 5.96. The van der Waals surface area contributed by atoms with Crippen molar-refractivity contribution in [2.75, 3.05) is 6.54 Å². The van der Waals surface area contributed by atoms with Crippen LogP contribution >= 0.6 is 22.9 Å². The van der Waals surface area contributed by atoms with Gasteiger partial charge in [0, 0.05) is 6.54 Å². The molecule has 0 N–H and O–H groups in total. The van der Waals surface area contributed by atoms with Crippen LogP contribution < -0.4 is 5.56 Å². The second-order valence-electron chi connectivity index (χ2n) is 8.81. The Kier molecular flexibility index (Phi) is 7.67. The summed E-state index contributed by atoms with van der Waals surface area (Å²) in [6.07, 6.45) is 1.34. The molecular formula is C27H27ClFN3O2S. The molecule has 2 aromatic carbocycles. The first-order chi connectivity index (χ1) is 16.8. The maximum absolute atomic E-state index is 14.0. The Labute approximate surface area is 212 Å². The zero-order chi connectivity index (χ0) is 25.1. The van der Waals surface area contributed by atoms with Crippen LogP contribution in [0, 0.1) is 11.7 Å². The predicted molar refractivity (Wildman–Crippen MR) is 140 cm³/mol. The minimum Gasteiger partial charge on any atom is -0.328 e. The van der Waals surface area contributed by atoms with E-state index in [1.54, 1.807) is 18.2 Å². The molecule has 8 heteroatoms. The van der Waals surface area contributed by atoms with Crippen LogP contribution in [0.25, 0.3) is 16.6 Å². The van der Waals surface area contributed by atoms with E-state index < -0.39 is 11.9 Å². The fourth-order valence-corrected chi connectivity index (χ4v) is 4.98. The molecule has 5 nitrogen and oxygen atoms in total. The molecule has 0 fully saturated rings. The number of benzene rings is 2. The van der Waals surface area contributed by atoms with Crippen molar-refractivity contribution in [3.63, 3.8) is 0 Å². The first kappa shape index (κ1) is 25.1. The van der Waals surface area contributed by atoms with Crippen LogP contribution in [0.5, 0.6) is 0 Å². The van der Waals surface area contributed by atoms with Crippen molar-refractivity contribution < 1.29 is 9.18 Å². The molecule has 1 amide bonds. The standard InChI is InChI=1S/C27H27ClFN3O2S/c1-4-23(31(14-13-17(2)3)27(34)24-10-7-15-35-24)25-30-22-9-6-5-8-19(22)26(33)32(25)18-11-12-21(29)20(28)16-18/h5-12,15-17,23H,4,13-14H2,1-3H3. The van der Waals surface area contributed by atoms with Crippen molar-refractivity contribution in [1.82, 2.24) is 14.5 Å². The van der Waals surface area contributed by atoms with Gasteiger partial charge in [-0.2, -0.15) is 0 Å². The van der Waals surface area contributed by atoms with E-state index in [2.05, 4.69) is 13.8 Å². The molecule has 0 spiro atoms. The van der Waals surface area contributed by atoms with E-state index in [-0.39, 0.29) is 16.5 Å². The highest BCUT2D eigenvalue weighted by Gasteiger charge is 2.30. The van der Waals surface area contributed by atoms with E-state index in [1.807, 2.05) is 35.4 Å². The highest BCUT2D eigenvalue weighted by atomic mass is 35.5. The smallest absolute Gasteiger partial charge is 0.266 e. The molecule has 0 aliphatic carbocycles. The predicted octanol–water partition coefficient (Wildman–Crippen LogP) is 6.88. The number of aromatic nitrogens is 2. The Morgan fingerprint density at radius 1 is 1.17 bits per heavy atom. The van der Waals surface area contributed by atoms with Gasteiger partial charge in [0.25, 0.3) is 11.5 Å². The number of para-hydroxylation sites is 1. The number of fused-ring (bicyclic) bond motifs is 1. The number of nitrogens with zero attached hydrogens (tertiary/aromatic N) is 3. The third-order valence-corrected chi connectivity index (χ3v) is 7.11. The monoisotopic (exact) mass is 511 g/mol. The summed E-state index contributed by atoms with van der Waals surface area (Å²) in [6.45, 7) is 6.71. The molecule has 35 heavy (non-hydrogen) atoms. The highest BCUT2D eigenvalue weighted by molar-refractivity contribution is 7.12. The molecule has 0 saturated heterocycles. The Hall–Kier alpha value is -3.03. The van der Waals surface area contributed by atoms with Gasteiger partial charge in [-0.15, -0.1) is 11.3 Å². The van der Waals surface area contributed by atoms with Gasteiger partial charge in [-0.3, -0.25) is 14.2 Å². The molecule has 2 heterocycles. The summed E-state index contributed by atoms with van der Waals surface area (Å²) in [7, 11) is 0. The van der Waals surface area contributed by atoms with Gasteiger partial charge in [-0.05, 0) is 60.5 Å². The fraction of sp³-hybridized carbons (Fsp3) is 0.296. The summed E-state index contributed by atoms with van der Waals surface area (Å²) in [5, 5.41) is 2.22. The zero-order valence-corrected chi connectivity index (χ0v) is 21.4. The Balaban J connectivity index is 1.95. The summed E-state index contributed by atoms with van der Waals surface area (Å²) >= 11 is 7.48. The quantitative estimate of drug-likeness (QED) is 0.259. The van der Waals surface area contributed by atoms with Gasteiger partial charge in [-0.1, -0.05) is 50.6 Å². The van der Waals surface area contributed by atoms with Crippen LogP contribution in [-0.2, 0) is 0 Å². The van der Waals surface area contributed by atoms with E-state index in [9.17, 15) is 14.0 Å². The van der Waals surface area contributed by atoms with Gasteiger partial charge in [0.2, 0.25) is 0 Å². The van der Waals surface area contributed by atoms with Crippen LogP contribution in [-0.4, -0.2) is 26.9 Å². The van der Waals surface area contributed by atoms with Gasteiger partial charge in [-0.25, -0.2) is 9.37 Å². The number of rotatable bonds is 8. The average molecular weight is 512 g/mol. The summed E-state index contributed by atoms with van der Waals surface area (Å²) in [4.78, 5) is 34.7. The first-order valence-electron chi connectivity index (χ1n) is 11.6. The Morgan fingerprint density at radius 3 is 2.60 bits per heavy atom. The van der Waals surface area contributed by atoms with Gasteiger partial charge in [0.1, 0.15) is 11.6 Å². The molecule has 0 aliphatic rings. The second-order valence-corrected chi connectivity index (χ2v) is 10.2. The van der Waals surface area contributed by atoms with Gasteiger partial charge >= 0.3 is 0 Å². The summed E-state index contributed by atoms with van der Waals surface area (Å²) < 4.78 is 15.4. The van der Waals surface area contributed by atoms with Crippen LogP contribution in [0.15, 0.2) is 64.8 Å². The Morgan fingerprint density at radius 2 is 1.94 bits per heavy atom. The first-order valence-corrected chi connectivity index (χ1v) is 12.9. The van der Waals surface area contributed by atoms with E-state index in [0.29, 0.717) is 46.2 Å². The summed E-state index contributed by atoms with van der Waals surface area (Å²) in [5.41, 5.74) is 0.655. The minimum atomic E-state index is -0.572. The number of hydrogen-bond acceptors (Lipinski definition) is 4. The molecule has 0 saturated carbocycles. The van der Waals surface area contributed by atoms with Crippen LogP contribution in [0.1, 0.15) is 55.2 Å². The summed E-state index contributed by atoms with van der Waals surface area (Å²) in [5.74, 6) is 0.136. The molecule has 0 radical (unpaired) electrons. The van der Waals surface area contributed by atoms with Crippen molar-refractivity contribution in [3.8, 4) is 5.69 Å². The minimum absolute atomic E-state index is 0.0899. The number of amides is 1. The highest BCUT2D eigenvalue weighted by Crippen LogP contribution is 2.30. The second kappa shape index (κ2) is 10.7. The fourth-order valence-electron chi connectivity index (χ4n) is 4.13. The van der Waals surface area contributed by atoms with E-state index in [0.717, 1.165) is 6.42 Å². The molecule has 1 unspecified atom stereocenters. The van der Waals surface area contributed by atoms with E-state index in [1.165, 1.54) is 34.1 Å². The van der Waals surface area contributed by atoms with Crippen LogP contribution in [0.4, 0.5) is 4.39 Å². The number of carbonyl (C=O) groups excluding carboxylic acids is 1. The van der Waals surface area contributed by atoms with Crippen molar-refractivity contribution >= 4 is 39.7 Å². The third kappa shape index (κ3) is 5.16. The largest absolute Gasteiger partial charge is 0.328 e. The summed E-state index contributed by atoms with van der Waals surface area (Å²) in [6, 6.07) is 14.4. The lowest BCUT2D eigenvalue weighted by Gasteiger charge is -2.32.